The molecule has 0 unspecified atom stereocenters. The number of hydrogen-bond acceptors (Lipinski definition) is 2. The second-order valence-electron chi connectivity index (χ2n) is 3.02. The minimum atomic E-state index is -1.55. The molecule has 80 valence electrons. The van der Waals surface area contributed by atoms with Gasteiger partial charge in [0.25, 0.3) is 0 Å². The molecule has 4 nitrogen and oxygen atoms in total. The highest BCUT2D eigenvalue weighted by Crippen LogP contribution is 1.97. The van der Waals surface area contributed by atoms with Crippen LogP contribution in [0.2, 0.25) is 0 Å². The van der Waals surface area contributed by atoms with Gasteiger partial charge in [0.15, 0.2) is 5.96 Å². The van der Waals surface area contributed by atoms with E-state index in [0.29, 0.717) is 5.56 Å². The van der Waals surface area contributed by atoms with Crippen molar-refractivity contribution < 1.29 is 2.74 Å². The van der Waals surface area contributed by atoms with Crippen molar-refractivity contribution in [2.45, 2.75) is 13.3 Å². The monoisotopic (exact) mass is 206 g/mol. The van der Waals surface area contributed by atoms with Crippen LogP contribution in [-0.2, 0) is 6.37 Å². The average Bonchev–Trinajstić information content (AvgIpc) is 2.27. The van der Waals surface area contributed by atoms with Gasteiger partial charge >= 0.3 is 0 Å². The molecule has 0 heterocycles. The van der Waals surface area contributed by atoms with Gasteiger partial charge in [-0.05, 0) is 18.9 Å². The minimum absolute atomic E-state index is 0.0177. The molecular weight excluding hydrogens is 188 g/mol. The molecule has 0 saturated heterocycles. The fraction of sp³-hybridized carbons (Fsp3) is 0.273. The molecule has 0 amide bonds. The van der Waals surface area contributed by atoms with E-state index in [-0.39, 0.29) is 18.3 Å². The molecule has 0 aliphatic carbocycles. The largest absolute Gasteiger partial charge is 0.356 e. The first kappa shape index (κ1) is 8.47. The summed E-state index contributed by atoms with van der Waals surface area (Å²) in [4.78, 5) is 0. The van der Waals surface area contributed by atoms with Gasteiger partial charge in [-0.15, -0.1) is 0 Å². The van der Waals surface area contributed by atoms with Crippen LogP contribution in [0.4, 0.5) is 0 Å². The van der Waals surface area contributed by atoms with Gasteiger partial charge in [-0.3, -0.25) is 10.8 Å². The Hall–Kier alpha value is -1.84. The Morgan fingerprint density at radius 2 is 2.00 bits per heavy atom. The predicted molar refractivity (Wildman–Crippen MR) is 62.4 cm³/mol. The number of hydrogen-bond donors (Lipinski definition) is 4. The van der Waals surface area contributed by atoms with Crippen molar-refractivity contribution >= 4 is 11.8 Å². The molecule has 0 radical (unpaired) electrons. The van der Waals surface area contributed by atoms with Gasteiger partial charge < -0.3 is 10.6 Å². The summed E-state index contributed by atoms with van der Waals surface area (Å²) in [5, 5.41) is 19.6. The van der Waals surface area contributed by atoms with Crippen LogP contribution >= 0.6 is 0 Å². The third-order valence-corrected chi connectivity index (χ3v) is 1.64. The first-order chi connectivity index (χ1) is 7.92. The van der Waals surface area contributed by atoms with E-state index in [4.69, 9.17) is 13.6 Å². The summed E-state index contributed by atoms with van der Waals surface area (Å²) in [6, 6.07) is 8.80. The highest BCUT2D eigenvalue weighted by Gasteiger charge is 1.95. The maximum absolute atomic E-state index is 7.87. The molecule has 0 atom stereocenters. The molecule has 1 rings (SSSR count). The van der Waals surface area contributed by atoms with Crippen LogP contribution in [0.5, 0.6) is 0 Å². The maximum atomic E-state index is 7.87. The Morgan fingerprint density at radius 3 is 2.60 bits per heavy atom. The summed E-state index contributed by atoms with van der Waals surface area (Å²) < 4.78 is 15.7. The second kappa shape index (κ2) is 5.80. The van der Waals surface area contributed by atoms with E-state index in [2.05, 4.69) is 10.6 Å². The van der Waals surface area contributed by atoms with E-state index in [1.807, 2.05) is 6.07 Å². The molecule has 0 aliphatic rings. The van der Waals surface area contributed by atoms with Crippen LogP contribution in [0.15, 0.2) is 30.3 Å². The normalized spacial score (nSPS) is 12.3. The molecular formula is C11H16N4. The highest BCUT2D eigenvalue weighted by atomic mass is 15.1. The third-order valence-electron chi connectivity index (χ3n) is 1.64. The SMILES string of the molecule is [2H]C([2H])(CNC(=N)NC(C)=N)c1ccccc1. The van der Waals surface area contributed by atoms with Gasteiger partial charge in [-0.25, -0.2) is 0 Å². The van der Waals surface area contributed by atoms with Crippen molar-refractivity contribution in [1.29, 1.82) is 10.8 Å². The Morgan fingerprint density at radius 1 is 1.33 bits per heavy atom. The van der Waals surface area contributed by atoms with Crippen LogP contribution in [0.25, 0.3) is 0 Å². The summed E-state index contributed by atoms with van der Waals surface area (Å²) in [7, 11) is 0. The van der Waals surface area contributed by atoms with Gasteiger partial charge in [-0.2, -0.15) is 0 Å². The van der Waals surface area contributed by atoms with Gasteiger partial charge in [0.2, 0.25) is 0 Å². The van der Waals surface area contributed by atoms with Crippen molar-refractivity contribution in [3.05, 3.63) is 35.9 Å². The molecule has 0 saturated carbocycles. The van der Waals surface area contributed by atoms with Crippen LogP contribution in [-0.4, -0.2) is 18.3 Å². The lowest BCUT2D eigenvalue weighted by molar-refractivity contribution is 0.842. The van der Waals surface area contributed by atoms with Crippen LogP contribution in [0, 0.1) is 10.8 Å². The van der Waals surface area contributed by atoms with E-state index in [0.717, 1.165) is 0 Å². The summed E-state index contributed by atoms with van der Waals surface area (Å²) >= 11 is 0. The highest BCUT2D eigenvalue weighted by molar-refractivity contribution is 5.95. The van der Waals surface area contributed by atoms with Gasteiger partial charge in [0.1, 0.15) is 0 Å². The Labute approximate surface area is 92.5 Å². The van der Waals surface area contributed by atoms with E-state index < -0.39 is 6.37 Å². The number of rotatable bonds is 3. The summed E-state index contributed by atoms with van der Waals surface area (Å²) in [5.41, 5.74) is 0.562. The van der Waals surface area contributed by atoms with Crippen LogP contribution in [0.3, 0.4) is 0 Å². The van der Waals surface area contributed by atoms with Crippen LogP contribution in [0.1, 0.15) is 15.2 Å². The zero-order chi connectivity index (χ0) is 12.9. The topological polar surface area (TPSA) is 71.8 Å². The molecule has 4 N–H and O–H groups in total. The summed E-state index contributed by atoms with van der Waals surface area (Å²) in [6.07, 6.45) is -1.55. The number of guanidine groups is 1. The van der Waals surface area contributed by atoms with Gasteiger partial charge in [0.05, 0.1) is 5.84 Å². The molecule has 0 spiro atoms. The summed E-state index contributed by atoms with van der Waals surface area (Å²) in [5.74, 6) is 0.0695. The minimum Gasteiger partial charge on any atom is -0.356 e. The van der Waals surface area contributed by atoms with E-state index >= 15 is 0 Å². The van der Waals surface area contributed by atoms with Crippen molar-refractivity contribution in [1.82, 2.24) is 10.6 Å². The average molecular weight is 206 g/mol. The van der Waals surface area contributed by atoms with E-state index in [9.17, 15) is 0 Å². The summed E-state index contributed by atoms with van der Waals surface area (Å²) in [6.45, 7) is 1.50. The zero-order valence-electron chi connectivity index (χ0n) is 10.6. The van der Waals surface area contributed by atoms with Crippen molar-refractivity contribution in [2.24, 2.45) is 0 Å². The smallest absolute Gasteiger partial charge is 0.193 e. The Kier molecular flexibility index (Phi) is 3.27. The van der Waals surface area contributed by atoms with E-state index in [1.54, 1.807) is 24.3 Å². The molecule has 4 heteroatoms. The first-order valence-corrected chi connectivity index (χ1v) is 4.62. The maximum Gasteiger partial charge on any atom is 0.193 e. The third kappa shape index (κ3) is 4.81. The molecule has 0 aromatic heterocycles. The quantitative estimate of drug-likeness (QED) is 0.445. The number of amidine groups is 1. The second-order valence-corrected chi connectivity index (χ2v) is 3.02. The Balaban J connectivity index is 2.56. The predicted octanol–water partition coefficient (Wildman–Crippen LogP) is 1.34. The standard InChI is InChI=1S/C11H16N4/c1-9(12)15-11(13)14-8-7-10-5-3-2-4-6-10/h2-6H,7-8H2,1H3,(H4,12,13,14,15)/i7D2. The number of benzene rings is 1. The lowest BCUT2D eigenvalue weighted by Crippen LogP contribution is -2.39. The van der Waals surface area contributed by atoms with Crippen molar-refractivity contribution in [3.63, 3.8) is 0 Å². The number of nitrogens with one attached hydrogen (secondary N) is 4. The molecule has 0 aliphatic heterocycles. The van der Waals surface area contributed by atoms with Crippen molar-refractivity contribution in [3.8, 4) is 0 Å². The van der Waals surface area contributed by atoms with Crippen molar-refractivity contribution in [2.75, 3.05) is 6.54 Å². The molecule has 1 aromatic rings. The first-order valence-electron chi connectivity index (χ1n) is 5.62. The molecule has 15 heavy (non-hydrogen) atoms. The molecule has 0 fully saturated rings. The molecule has 0 bridgehead atoms. The lowest BCUT2D eigenvalue weighted by atomic mass is 10.1. The fourth-order valence-electron chi connectivity index (χ4n) is 1.02. The Bertz CT molecular complexity index is 403. The van der Waals surface area contributed by atoms with Crippen LogP contribution < -0.4 is 10.6 Å². The molecule has 1 aromatic carbocycles. The van der Waals surface area contributed by atoms with Gasteiger partial charge in [-0.1, -0.05) is 30.3 Å². The fourth-order valence-corrected chi connectivity index (χ4v) is 1.02. The van der Waals surface area contributed by atoms with Gasteiger partial charge in [0, 0.05) is 9.29 Å². The van der Waals surface area contributed by atoms with E-state index in [1.165, 1.54) is 6.92 Å². The lowest BCUT2D eigenvalue weighted by Gasteiger charge is -2.08. The zero-order valence-corrected chi connectivity index (χ0v) is 8.59.